The van der Waals surface area contributed by atoms with Gasteiger partial charge in [-0.25, -0.2) is 0 Å². The van der Waals surface area contributed by atoms with E-state index < -0.39 is 0 Å². The van der Waals surface area contributed by atoms with Crippen molar-refractivity contribution in [1.29, 1.82) is 0 Å². The van der Waals surface area contributed by atoms with Gasteiger partial charge < -0.3 is 19.4 Å². The number of likely N-dealkylation sites (tertiary alicyclic amines) is 1. The van der Waals surface area contributed by atoms with Crippen molar-refractivity contribution in [2.24, 2.45) is 12.0 Å². The van der Waals surface area contributed by atoms with E-state index in [1.165, 1.54) is 22.3 Å². The van der Waals surface area contributed by atoms with Gasteiger partial charge in [-0.15, -0.1) is 0 Å². The molecule has 4 aliphatic heterocycles. The average Bonchev–Trinajstić information content (AvgIpc) is 3.69. The minimum absolute atomic E-state index is 0.0110. The molecule has 280 valence electrons. The highest BCUT2D eigenvalue weighted by Crippen LogP contribution is 2.38. The van der Waals surface area contributed by atoms with E-state index in [0.717, 1.165) is 97.0 Å². The summed E-state index contributed by atoms with van der Waals surface area (Å²) >= 11 is 0. The number of aryl methyl sites for hydroxylation is 1. The topological polar surface area (TPSA) is 118 Å². The normalized spacial score (nSPS) is 19.0. The van der Waals surface area contributed by atoms with E-state index in [4.69, 9.17) is 9.47 Å². The van der Waals surface area contributed by atoms with Gasteiger partial charge in [0.2, 0.25) is 11.8 Å². The SMILES string of the molecule is COc1cc(-c2cn(C)c(=O)c3c2C=NC3)cc(OC)c1CN1CCc2cc(CN3CCC(c4ccc(NC5CCC(=O)NC5=O)cc4)CC3)ccc2C1. The highest BCUT2D eigenvalue weighted by atomic mass is 16.5. The molecule has 11 heteroatoms. The molecular weight excluding hydrogens is 681 g/mol. The molecule has 0 aliphatic carbocycles. The van der Waals surface area contributed by atoms with Crippen molar-refractivity contribution in [3.8, 4) is 22.6 Å². The number of amides is 2. The molecule has 11 nitrogen and oxygen atoms in total. The number of nitrogens with zero attached hydrogens (tertiary/aromatic N) is 4. The van der Waals surface area contributed by atoms with Gasteiger partial charge in [-0.3, -0.25) is 34.5 Å². The molecule has 5 heterocycles. The van der Waals surface area contributed by atoms with Gasteiger partial charge in [-0.05, 0) is 96.8 Å². The molecule has 2 amide bonds. The maximum Gasteiger partial charge on any atom is 0.256 e. The molecule has 0 spiro atoms. The molecule has 8 rings (SSSR count). The fraction of sp³-hybridized carbons (Fsp3) is 0.395. The standard InChI is InChI=1S/C43H48N6O5/c1-47-25-36(34-21-44-22-35(34)43(47)52)32-19-39(53-2)37(40(20-32)54-3)26-49-17-14-30-18-27(4-5-31(30)24-49)23-48-15-12-29(13-16-48)28-6-8-33(9-7-28)45-38-10-11-41(50)46-42(38)51/h4-9,18-21,25,29,38,45H,10-17,22-24,26H2,1-3H3,(H,46,50,51). The number of carbonyl (C=O) groups excluding carboxylic acids is 2. The molecule has 0 saturated carbocycles. The van der Waals surface area contributed by atoms with Crippen LogP contribution in [0.4, 0.5) is 5.69 Å². The van der Waals surface area contributed by atoms with Crippen LogP contribution in [0.1, 0.15) is 70.5 Å². The maximum atomic E-state index is 12.7. The number of aromatic nitrogens is 1. The Bertz CT molecular complexity index is 2140. The van der Waals surface area contributed by atoms with Crippen molar-refractivity contribution in [3.63, 3.8) is 0 Å². The van der Waals surface area contributed by atoms with Crippen LogP contribution in [0, 0.1) is 0 Å². The van der Waals surface area contributed by atoms with Gasteiger partial charge in [-0.2, -0.15) is 0 Å². The van der Waals surface area contributed by atoms with Crippen molar-refractivity contribution in [1.82, 2.24) is 19.7 Å². The Hall–Kier alpha value is -5.26. The van der Waals surface area contributed by atoms with Crippen molar-refractivity contribution in [2.75, 3.05) is 39.2 Å². The fourth-order valence-corrected chi connectivity index (χ4v) is 8.55. The smallest absolute Gasteiger partial charge is 0.256 e. The lowest BCUT2D eigenvalue weighted by molar-refractivity contribution is -0.133. The van der Waals surface area contributed by atoms with Gasteiger partial charge in [0.05, 0.1) is 26.3 Å². The zero-order valence-electron chi connectivity index (χ0n) is 31.3. The number of benzene rings is 3. The number of rotatable bonds is 10. The van der Waals surface area contributed by atoms with Gasteiger partial charge in [0.25, 0.3) is 5.56 Å². The Morgan fingerprint density at radius 2 is 1.61 bits per heavy atom. The van der Waals surface area contributed by atoms with E-state index in [-0.39, 0.29) is 23.4 Å². The number of anilines is 1. The van der Waals surface area contributed by atoms with E-state index in [2.05, 4.69) is 80.0 Å². The lowest BCUT2D eigenvalue weighted by Crippen LogP contribution is -2.47. The van der Waals surface area contributed by atoms with Crippen LogP contribution in [-0.4, -0.2) is 72.3 Å². The quantitative estimate of drug-likeness (QED) is 0.215. The molecule has 3 aromatic carbocycles. The number of pyridine rings is 1. The van der Waals surface area contributed by atoms with Crippen molar-refractivity contribution in [2.45, 2.75) is 70.2 Å². The molecule has 0 radical (unpaired) electrons. The fourth-order valence-electron chi connectivity index (χ4n) is 8.55. The third kappa shape index (κ3) is 7.30. The van der Waals surface area contributed by atoms with Crippen LogP contribution in [0.2, 0.25) is 0 Å². The van der Waals surface area contributed by atoms with E-state index in [9.17, 15) is 14.4 Å². The number of fused-ring (bicyclic) bond motifs is 2. The Morgan fingerprint density at radius 1 is 0.852 bits per heavy atom. The summed E-state index contributed by atoms with van der Waals surface area (Å²) in [5.74, 6) is 1.62. The lowest BCUT2D eigenvalue weighted by Gasteiger charge is -2.33. The van der Waals surface area contributed by atoms with Crippen molar-refractivity contribution < 1.29 is 19.1 Å². The Balaban J connectivity index is 0.871. The minimum atomic E-state index is -0.366. The third-order valence-corrected chi connectivity index (χ3v) is 11.6. The Labute approximate surface area is 316 Å². The summed E-state index contributed by atoms with van der Waals surface area (Å²) in [7, 11) is 5.18. The van der Waals surface area contributed by atoms with Gasteiger partial charge >= 0.3 is 0 Å². The predicted molar refractivity (Wildman–Crippen MR) is 209 cm³/mol. The monoisotopic (exact) mass is 728 g/mol. The Kier molecular flexibility index (Phi) is 10.1. The molecular formula is C43H48N6O5. The summed E-state index contributed by atoms with van der Waals surface area (Å²) in [6.45, 7) is 6.01. The number of carbonyl (C=O) groups is 2. The van der Waals surface area contributed by atoms with Crippen LogP contribution in [0.25, 0.3) is 11.1 Å². The van der Waals surface area contributed by atoms with Gasteiger partial charge in [-0.1, -0.05) is 30.3 Å². The second kappa shape index (κ2) is 15.2. The van der Waals surface area contributed by atoms with Gasteiger partial charge in [0.15, 0.2) is 0 Å². The van der Waals surface area contributed by atoms with Crippen LogP contribution < -0.4 is 25.7 Å². The number of imide groups is 1. The van der Waals surface area contributed by atoms with Crippen LogP contribution in [0.5, 0.6) is 11.5 Å². The first-order valence-electron chi connectivity index (χ1n) is 19.0. The summed E-state index contributed by atoms with van der Waals surface area (Å²) in [6, 6.07) is 19.2. The largest absolute Gasteiger partial charge is 0.496 e. The molecule has 2 saturated heterocycles. The summed E-state index contributed by atoms with van der Waals surface area (Å²) in [5, 5.41) is 5.69. The summed E-state index contributed by atoms with van der Waals surface area (Å²) in [4.78, 5) is 45.7. The third-order valence-electron chi connectivity index (χ3n) is 11.6. The average molecular weight is 729 g/mol. The minimum Gasteiger partial charge on any atom is -0.496 e. The van der Waals surface area contributed by atoms with Crippen LogP contribution in [-0.2, 0) is 49.2 Å². The number of ether oxygens (including phenoxy) is 2. The molecule has 1 aromatic heterocycles. The number of aliphatic imine (C=N–C) groups is 1. The molecule has 4 aliphatic rings. The maximum absolute atomic E-state index is 12.7. The van der Waals surface area contributed by atoms with Gasteiger partial charge in [0.1, 0.15) is 17.5 Å². The molecule has 2 fully saturated rings. The van der Waals surface area contributed by atoms with E-state index >= 15 is 0 Å². The summed E-state index contributed by atoms with van der Waals surface area (Å²) in [5.41, 5.74) is 10.9. The highest BCUT2D eigenvalue weighted by Gasteiger charge is 2.28. The molecule has 54 heavy (non-hydrogen) atoms. The van der Waals surface area contributed by atoms with E-state index in [1.54, 1.807) is 32.0 Å². The first kappa shape index (κ1) is 35.8. The molecule has 1 atom stereocenters. The zero-order valence-corrected chi connectivity index (χ0v) is 31.3. The summed E-state index contributed by atoms with van der Waals surface area (Å²) < 4.78 is 13.5. The summed E-state index contributed by atoms with van der Waals surface area (Å²) in [6.07, 6.45) is 7.79. The highest BCUT2D eigenvalue weighted by molar-refractivity contribution is 6.01. The number of hydrogen-bond donors (Lipinski definition) is 2. The molecule has 4 aromatic rings. The van der Waals surface area contributed by atoms with Crippen molar-refractivity contribution >= 4 is 23.7 Å². The second-order valence-corrected chi connectivity index (χ2v) is 15.1. The first-order valence-corrected chi connectivity index (χ1v) is 19.0. The van der Waals surface area contributed by atoms with E-state index in [1.807, 2.05) is 6.20 Å². The first-order chi connectivity index (χ1) is 26.3. The molecule has 0 bridgehead atoms. The predicted octanol–water partition coefficient (Wildman–Crippen LogP) is 5.16. The van der Waals surface area contributed by atoms with Crippen LogP contribution in [0.15, 0.2) is 70.6 Å². The number of methoxy groups -OCH3 is 2. The molecule has 2 N–H and O–H groups in total. The second-order valence-electron chi connectivity index (χ2n) is 15.1. The van der Waals surface area contributed by atoms with Crippen LogP contribution >= 0.6 is 0 Å². The zero-order chi connectivity index (χ0) is 37.3. The van der Waals surface area contributed by atoms with E-state index in [0.29, 0.717) is 31.8 Å². The number of hydrogen-bond acceptors (Lipinski definition) is 9. The Morgan fingerprint density at radius 3 is 2.33 bits per heavy atom. The van der Waals surface area contributed by atoms with Crippen LogP contribution in [0.3, 0.4) is 0 Å². The lowest BCUT2D eigenvalue weighted by atomic mass is 9.89. The number of nitrogens with one attached hydrogen (secondary N) is 2. The number of piperidine rings is 2. The molecule has 1 unspecified atom stereocenters. The van der Waals surface area contributed by atoms with Gasteiger partial charge in [0, 0.05) is 74.4 Å². The van der Waals surface area contributed by atoms with Crippen molar-refractivity contribution in [3.05, 3.63) is 110 Å².